The third-order valence-corrected chi connectivity index (χ3v) is 3.38. The molecule has 4 heteroatoms. The van der Waals surface area contributed by atoms with Crippen LogP contribution < -0.4 is 0 Å². The molecule has 0 aliphatic carbocycles. The number of esters is 1. The topological polar surface area (TPSA) is 63.6 Å². The van der Waals surface area contributed by atoms with Crippen LogP contribution in [0.3, 0.4) is 0 Å². The summed E-state index contributed by atoms with van der Waals surface area (Å²) in [6, 6.07) is 10.0. The number of carboxylic acids is 1. The first-order valence-electron chi connectivity index (χ1n) is 8.81. The van der Waals surface area contributed by atoms with Crippen molar-refractivity contribution in [3.63, 3.8) is 0 Å². The van der Waals surface area contributed by atoms with Crippen molar-refractivity contribution in [1.82, 2.24) is 0 Å². The van der Waals surface area contributed by atoms with Crippen LogP contribution in [0.5, 0.6) is 0 Å². The summed E-state index contributed by atoms with van der Waals surface area (Å²) in [4.78, 5) is 21.6. The number of ether oxygens (including phenoxy) is 1. The average Bonchev–Trinajstić information content (AvgIpc) is 2.63. The monoisotopic (exact) mass is 358 g/mol. The van der Waals surface area contributed by atoms with E-state index in [1.165, 1.54) is 12.0 Å². The van der Waals surface area contributed by atoms with Crippen LogP contribution >= 0.6 is 0 Å². The molecule has 1 rings (SSSR count). The average molecular weight is 358 g/mol. The number of benzene rings is 1. The largest absolute Gasteiger partial charge is 0.478 e. The highest BCUT2D eigenvalue weighted by Crippen LogP contribution is 2.08. The lowest BCUT2D eigenvalue weighted by molar-refractivity contribution is -0.138. The van der Waals surface area contributed by atoms with Gasteiger partial charge in [-0.2, -0.15) is 0 Å². The van der Waals surface area contributed by atoms with Crippen LogP contribution in [0, 0.1) is 5.92 Å². The van der Waals surface area contributed by atoms with E-state index in [2.05, 4.69) is 27.0 Å². The van der Waals surface area contributed by atoms with Gasteiger partial charge in [0.05, 0.1) is 12.2 Å². The van der Waals surface area contributed by atoms with Gasteiger partial charge in [0.2, 0.25) is 0 Å². The van der Waals surface area contributed by atoms with E-state index in [0.29, 0.717) is 12.5 Å². The molecule has 0 radical (unpaired) electrons. The number of carboxylic acid groups (broad SMARTS) is 1. The molecule has 1 aromatic carbocycles. The maximum absolute atomic E-state index is 11.3. The lowest BCUT2D eigenvalue weighted by atomic mass is 10.1. The molecular formula is C22H30O4. The Hall–Kier alpha value is -2.62. The van der Waals surface area contributed by atoms with Crippen molar-refractivity contribution in [2.75, 3.05) is 6.61 Å². The van der Waals surface area contributed by atoms with E-state index in [0.717, 1.165) is 31.4 Å². The number of rotatable bonds is 10. The number of carbonyl (C=O) groups excluding carboxylic acids is 1. The van der Waals surface area contributed by atoms with E-state index in [1.54, 1.807) is 0 Å². The Morgan fingerprint density at radius 1 is 1.12 bits per heavy atom. The van der Waals surface area contributed by atoms with Crippen molar-refractivity contribution in [1.29, 1.82) is 0 Å². The van der Waals surface area contributed by atoms with Crippen LogP contribution in [0.2, 0.25) is 0 Å². The van der Waals surface area contributed by atoms with Crippen LogP contribution in [0.1, 0.15) is 45.1 Å². The maximum Gasteiger partial charge on any atom is 0.337 e. The number of hydrogen-bond acceptors (Lipinski definition) is 3. The highest BCUT2D eigenvalue weighted by molar-refractivity contribution is 5.93. The zero-order valence-corrected chi connectivity index (χ0v) is 15.8. The third kappa shape index (κ3) is 13.8. The Labute approximate surface area is 156 Å². The molecule has 0 saturated carbocycles. The summed E-state index contributed by atoms with van der Waals surface area (Å²) in [6.07, 6.45) is 8.02. The summed E-state index contributed by atoms with van der Waals surface area (Å²) >= 11 is 0. The van der Waals surface area contributed by atoms with Gasteiger partial charge in [-0.05, 0) is 24.0 Å². The molecule has 0 aliphatic rings. The van der Waals surface area contributed by atoms with Gasteiger partial charge in [0.25, 0.3) is 0 Å². The molecule has 142 valence electrons. The second kappa shape index (κ2) is 14.7. The Bertz CT molecular complexity index is 585. The maximum atomic E-state index is 11.3. The molecule has 0 bridgehead atoms. The predicted molar refractivity (Wildman–Crippen MR) is 107 cm³/mol. The van der Waals surface area contributed by atoms with Gasteiger partial charge in [-0.25, -0.2) is 9.59 Å². The predicted octanol–water partition coefficient (Wildman–Crippen LogP) is 5.27. The molecule has 0 aromatic heterocycles. The summed E-state index contributed by atoms with van der Waals surface area (Å²) in [5, 5.41) is 8.38. The molecule has 0 saturated heterocycles. The minimum atomic E-state index is -1.11. The highest BCUT2D eigenvalue weighted by Gasteiger charge is 2.05. The van der Waals surface area contributed by atoms with Crippen LogP contribution in [-0.2, 0) is 14.3 Å². The van der Waals surface area contributed by atoms with Crippen molar-refractivity contribution in [2.45, 2.75) is 39.5 Å². The van der Waals surface area contributed by atoms with E-state index < -0.39 is 11.9 Å². The quantitative estimate of drug-likeness (QED) is 0.268. The smallest absolute Gasteiger partial charge is 0.337 e. The van der Waals surface area contributed by atoms with Gasteiger partial charge in [-0.15, -0.1) is 0 Å². The fourth-order valence-electron chi connectivity index (χ4n) is 1.92. The first-order valence-corrected chi connectivity index (χ1v) is 8.81. The van der Waals surface area contributed by atoms with Gasteiger partial charge in [0.1, 0.15) is 0 Å². The fourth-order valence-corrected chi connectivity index (χ4v) is 1.92. The first-order chi connectivity index (χ1) is 12.4. The van der Waals surface area contributed by atoms with Crippen LogP contribution in [0.15, 0.2) is 61.2 Å². The summed E-state index contributed by atoms with van der Waals surface area (Å²) < 4.78 is 4.96. The second-order valence-corrected chi connectivity index (χ2v) is 6.19. The molecule has 0 unspecified atom stereocenters. The van der Waals surface area contributed by atoms with Gasteiger partial charge in [-0.1, -0.05) is 82.7 Å². The number of carbonyl (C=O) groups is 2. The molecule has 1 N–H and O–H groups in total. The molecule has 26 heavy (non-hydrogen) atoms. The minimum Gasteiger partial charge on any atom is -0.478 e. The SMILES string of the molecule is C=C(C=CC(=O)O)C(=O)OCCCCCC(C)C.C=Cc1ccccc1. The van der Waals surface area contributed by atoms with Gasteiger partial charge in [0.15, 0.2) is 0 Å². The van der Waals surface area contributed by atoms with Crippen molar-refractivity contribution in [2.24, 2.45) is 5.92 Å². The van der Waals surface area contributed by atoms with Gasteiger partial charge in [-0.3, -0.25) is 0 Å². The fraction of sp³-hybridized carbons (Fsp3) is 0.364. The van der Waals surface area contributed by atoms with Crippen LogP contribution in [0.25, 0.3) is 6.08 Å². The Balaban J connectivity index is 0.000000642. The zero-order valence-electron chi connectivity index (χ0n) is 15.8. The Morgan fingerprint density at radius 2 is 1.77 bits per heavy atom. The molecule has 0 atom stereocenters. The standard InChI is InChI=1S/C14H22O4.C8H8/c1-11(2)7-5-4-6-10-18-14(17)12(3)8-9-13(15)16;1-2-8-6-4-3-5-7-8/h8-9,11H,3-7,10H2,1-2H3,(H,15,16);2-7H,1H2. The van der Waals surface area contributed by atoms with Gasteiger partial charge < -0.3 is 9.84 Å². The summed E-state index contributed by atoms with van der Waals surface area (Å²) in [5.41, 5.74) is 1.23. The Kier molecular flexibility index (Phi) is 13.2. The van der Waals surface area contributed by atoms with E-state index in [4.69, 9.17) is 9.84 Å². The zero-order chi connectivity index (χ0) is 19.8. The van der Waals surface area contributed by atoms with Gasteiger partial charge in [0, 0.05) is 6.08 Å². The van der Waals surface area contributed by atoms with E-state index in [-0.39, 0.29) is 5.57 Å². The summed E-state index contributed by atoms with van der Waals surface area (Å²) in [5.74, 6) is -0.970. The normalized spacial score (nSPS) is 10.1. The number of hydrogen-bond donors (Lipinski definition) is 1. The van der Waals surface area contributed by atoms with E-state index in [1.807, 2.05) is 36.4 Å². The lowest BCUT2D eigenvalue weighted by Crippen LogP contribution is -2.07. The molecule has 0 aliphatic heterocycles. The molecule has 1 aromatic rings. The van der Waals surface area contributed by atoms with Gasteiger partial charge >= 0.3 is 11.9 Å². The summed E-state index contributed by atoms with van der Waals surface area (Å²) in [7, 11) is 0. The Morgan fingerprint density at radius 3 is 2.27 bits per heavy atom. The molecule has 0 amide bonds. The second-order valence-electron chi connectivity index (χ2n) is 6.19. The number of unbranched alkanes of at least 4 members (excludes halogenated alkanes) is 2. The molecular weight excluding hydrogens is 328 g/mol. The van der Waals surface area contributed by atoms with Crippen LogP contribution in [0.4, 0.5) is 0 Å². The van der Waals surface area contributed by atoms with Crippen molar-refractivity contribution in [3.05, 3.63) is 66.8 Å². The minimum absolute atomic E-state index is 0.0552. The molecule has 0 heterocycles. The molecule has 4 nitrogen and oxygen atoms in total. The highest BCUT2D eigenvalue weighted by atomic mass is 16.5. The number of aliphatic carboxylic acids is 1. The van der Waals surface area contributed by atoms with E-state index >= 15 is 0 Å². The van der Waals surface area contributed by atoms with Crippen LogP contribution in [-0.4, -0.2) is 23.7 Å². The first kappa shape index (κ1) is 23.4. The van der Waals surface area contributed by atoms with Crippen molar-refractivity contribution in [3.8, 4) is 0 Å². The van der Waals surface area contributed by atoms with Crippen molar-refractivity contribution >= 4 is 18.0 Å². The van der Waals surface area contributed by atoms with Crippen molar-refractivity contribution < 1.29 is 19.4 Å². The molecule has 0 spiro atoms. The third-order valence-electron chi connectivity index (χ3n) is 3.38. The summed E-state index contributed by atoms with van der Waals surface area (Å²) in [6.45, 7) is 11.8. The lowest BCUT2D eigenvalue weighted by Gasteiger charge is -2.05. The van der Waals surface area contributed by atoms with E-state index in [9.17, 15) is 9.59 Å². The molecule has 0 fully saturated rings.